The van der Waals surface area contributed by atoms with E-state index in [0.717, 1.165) is 4.90 Å². The van der Waals surface area contributed by atoms with Crippen molar-refractivity contribution in [1.29, 1.82) is 0 Å². The topological polar surface area (TPSA) is 107 Å². The Bertz CT molecular complexity index is 514. The van der Waals surface area contributed by atoms with E-state index in [9.17, 15) is 19.7 Å². The summed E-state index contributed by atoms with van der Waals surface area (Å²) in [5.41, 5.74) is 5.12. The molecule has 1 fully saturated rings. The normalized spacial score (nSPS) is 19.8. The van der Waals surface area contributed by atoms with Gasteiger partial charge in [-0.1, -0.05) is 12.1 Å². The summed E-state index contributed by atoms with van der Waals surface area (Å²) in [6, 6.07) is 4.66. The zero-order valence-corrected chi connectivity index (χ0v) is 8.70. The maximum atomic E-state index is 11.6. The third-order valence-corrected chi connectivity index (χ3v) is 2.50. The van der Waals surface area contributed by atoms with Crippen LogP contribution < -0.4 is 10.6 Å². The Morgan fingerprint density at radius 1 is 1.35 bits per heavy atom. The molecule has 1 heterocycles. The summed E-state index contributed by atoms with van der Waals surface area (Å²) in [5.74, 6) is -1.12. The van der Waals surface area contributed by atoms with Crippen LogP contribution in [0.5, 0.6) is 0 Å². The summed E-state index contributed by atoms with van der Waals surface area (Å²) in [7, 11) is 0. The predicted octanol–water partition coefficient (Wildman–Crippen LogP) is 0.185. The minimum Gasteiger partial charge on any atom is -0.319 e. The van der Waals surface area contributed by atoms with Crippen LogP contribution in [-0.4, -0.2) is 22.8 Å². The van der Waals surface area contributed by atoms with E-state index in [1.165, 1.54) is 24.3 Å². The number of hydrogen-bond donors (Lipinski definition) is 1. The van der Waals surface area contributed by atoms with Crippen LogP contribution in [0.25, 0.3) is 0 Å². The van der Waals surface area contributed by atoms with Crippen LogP contribution in [0.3, 0.4) is 0 Å². The first kappa shape index (κ1) is 11.2. The Morgan fingerprint density at radius 3 is 2.53 bits per heavy atom. The number of nitrogens with two attached hydrogens (primary N) is 1. The number of nitro benzene ring substituents is 1. The molecule has 88 valence electrons. The van der Waals surface area contributed by atoms with Crippen molar-refractivity contribution in [1.82, 2.24) is 0 Å². The molecule has 1 aromatic carbocycles. The van der Waals surface area contributed by atoms with Crippen LogP contribution in [0.2, 0.25) is 0 Å². The van der Waals surface area contributed by atoms with E-state index in [-0.39, 0.29) is 17.8 Å². The second kappa shape index (κ2) is 3.95. The minimum absolute atomic E-state index is 0.0274. The Balaban J connectivity index is 2.51. The maximum Gasteiger partial charge on any atom is 0.293 e. The van der Waals surface area contributed by atoms with Crippen LogP contribution >= 0.6 is 0 Å². The number of imide groups is 1. The molecule has 0 saturated carbocycles. The molecule has 0 radical (unpaired) electrons. The molecular weight excluding hydrogens is 226 g/mol. The number of anilines is 1. The Hall–Kier alpha value is -2.28. The van der Waals surface area contributed by atoms with Crippen LogP contribution in [0, 0.1) is 10.1 Å². The number of para-hydroxylation sites is 2. The van der Waals surface area contributed by atoms with Crippen molar-refractivity contribution in [3.8, 4) is 0 Å². The molecule has 7 nitrogen and oxygen atoms in total. The molecule has 0 aromatic heterocycles. The zero-order chi connectivity index (χ0) is 12.6. The highest BCUT2D eigenvalue weighted by molar-refractivity contribution is 6.23. The van der Waals surface area contributed by atoms with Gasteiger partial charge in [0.1, 0.15) is 5.69 Å². The van der Waals surface area contributed by atoms with Crippen molar-refractivity contribution >= 4 is 23.2 Å². The molecule has 17 heavy (non-hydrogen) atoms. The number of rotatable bonds is 2. The molecule has 1 aliphatic heterocycles. The Labute approximate surface area is 96.0 Å². The van der Waals surface area contributed by atoms with Crippen molar-refractivity contribution in [2.45, 2.75) is 12.5 Å². The quantitative estimate of drug-likeness (QED) is 0.447. The molecule has 1 aliphatic rings. The Morgan fingerprint density at radius 2 is 2.00 bits per heavy atom. The molecule has 0 aliphatic carbocycles. The van der Waals surface area contributed by atoms with Gasteiger partial charge in [0, 0.05) is 6.07 Å². The van der Waals surface area contributed by atoms with E-state index in [4.69, 9.17) is 5.73 Å². The van der Waals surface area contributed by atoms with E-state index in [1.807, 2.05) is 0 Å². The first-order valence-corrected chi connectivity index (χ1v) is 4.88. The highest BCUT2D eigenvalue weighted by Crippen LogP contribution is 2.31. The van der Waals surface area contributed by atoms with Gasteiger partial charge < -0.3 is 5.73 Å². The fraction of sp³-hybridized carbons (Fsp3) is 0.200. The number of amides is 2. The highest BCUT2D eigenvalue weighted by Gasteiger charge is 2.39. The molecule has 1 aromatic rings. The van der Waals surface area contributed by atoms with Crippen molar-refractivity contribution in [3.63, 3.8) is 0 Å². The monoisotopic (exact) mass is 235 g/mol. The fourth-order valence-corrected chi connectivity index (χ4v) is 1.72. The van der Waals surface area contributed by atoms with Crippen molar-refractivity contribution in [3.05, 3.63) is 34.4 Å². The number of nitrogens with zero attached hydrogens (tertiary/aromatic N) is 2. The van der Waals surface area contributed by atoms with Crippen molar-refractivity contribution in [2.24, 2.45) is 5.73 Å². The second-order valence-corrected chi connectivity index (χ2v) is 3.62. The lowest BCUT2D eigenvalue weighted by molar-refractivity contribution is -0.384. The molecule has 1 unspecified atom stereocenters. The van der Waals surface area contributed by atoms with Gasteiger partial charge in [-0.05, 0) is 6.07 Å². The average molecular weight is 235 g/mol. The van der Waals surface area contributed by atoms with Gasteiger partial charge >= 0.3 is 0 Å². The fourth-order valence-electron chi connectivity index (χ4n) is 1.72. The van der Waals surface area contributed by atoms with Crippen molar-refractivity contribution < 1.29 is 14.5 Å². The molecule has 2 N–H and O–H groups in total. The van der Waals surface area contributed by atoms with Gasteiger partial charge in [-0.15, -0.1) is 0 Å². The summed E-state index contributed by atoms with van der Waals surface area (Å²) in [4.78, 5) is 34.2. The van der Waals surface area contributed by atoms with Crippen LogP contribution in [-0.2, 0) is 9.59 Å². The molecule has 2 rings (SSSR count). The van der Waals surface area contributed by atoms with Crippen molar-refractivity contribution in [2.75, 3.05) is 4.90 Å². The van der Waals surface area contributed by atoms with Gasteiger partial charge in [-0.25, -0.2) is 4.90 Å². The lowest BCUT2D eigenvalue weighted by Gasteiger charge is -2.13. The first-order valence-electron chi connectivity index (χ1n) is 4.88. The van der Waals surface area contributed by atoms with Gasteiger partial charge in [-0.2, -0.15) is 0 Å². The maximum absolute atomic E-state index is 11.6. The first-order chi connectivity index (χ1) is 8.02. The molecule has 0 bridgehead atoms. The second-order valence-electron chi connectivity index (χ2n) is 3.62. The van der Waals surface area contributed by atoms with E-state index in [2.05, 4.69) is 0 Å². The number of hydrogen-bond acceptors (Lipinski definition) is 5. The zero-order valence-electron chi connectivity index (χ0n) is 8.70. The van der Waals surface area contributed by atoms with Gasteiger partial charge in [0.25, 0.3) is 11.6 Å². The highest BCUT2D eigenvalue weighted by atomic mass is 16.6. The van der Waals surface area contributed by atoms with E-state index < -0.39 is 22.8 Å². The number of carbonyl (C=O) groups is 2. The molecule has 0 spiro atoms. The number of nitro groups is 1. The summed E-state index contributed by atoms with van der Waals surface area (Å²) in [6.07, 6.45) is -0.120. The van der Waals surface area contributed by atoms with E-state index in [1.54, 1.807) is 0 Å². The third-order valence-electron chi connectivity index (χ3n) is 2.50. The standard InChI is InChI=1S/C10H9N3O4/c11-6-5-9(14)12(10(6)15)7-3-1-2-4-8(7)13(16)17/h1-4,6H,5,11H2. The third kappa shape index (κ3) is 1.76. The molecular formula is C10H9N3O4. The smallest absolute Gasteiger partial charge is 0.293 e. The van der Waals surface area contributed by atoms with Crippen LogP contribution in [0.15, 0.2) is 24.3 Å². The van der Waals surface area contributed by atoms with E-state index >= 15 is 0 Å². The number of benzene rings is 1. The molecule has 1 atom stereocenters. The number of carbonyl (C=O) groups excluding carboxylic acids is 2. The van der Waals surface area contributed by atoms with Gasteiger partial charge in [-0.3, -0.25) is 19.7 Å². The molecule has 7 heteroatoms. The van der Waals surface area contributed by atoms with Gasteiger partial charge in [0.05, 0.1) is 17.4 Å². The molecule has 2 amide bonds. The summed E-state index contributed by atoms with van der Waals surface area (Å²) in [6.45, 7) is 0. The van der Waals surface area contributed by atoms with Crippen LogP contribution in [0.1, 0.15) is 6.42 Å². The summed E-state index contributed by atoms with van der Waals surface area (Å²) in [5, 5.41) is 10.8. The SMILES string of the molecule is NC1CC(=O)N(c2ccccc2[N+](=O)[O-])C1=O. The van der Waals surface area contributed by atoms with E-state index in [0.29, 0.717) is 0 Å². The minimum atomic E-state index is -0.915. The Kier molecular flexibility index (Phi) is 2.60. The van der Waals surface area contributed by atoms with Gasteiger partial charge in [0.2, 0.25) is 5.91 Å². The predicted molar refractivity (Wildman–Crippen MR) is 58.2 cm³/mol. The molecule has 1 saturated heterocycles. The van der Waals surface area contributed by atoms with Crippen LogP contribution in [0.4, 0.5) is 11.4 Å². The summed E-state index contributed by atoms with van der Waals surface area (Å²) >= 11 is 0. The largest absolute Gasteiger partial charge is 0.319 e. The summed E-state index contributed by atoms with van der Waals surface area (Å²) < 4.78 is 0. The average Bonchev–Trinajstić information content (AvgIpc) is 2.53. The lowest BCUT2D eigenvalue weighted by atomic mass is 10.2. The van der Waals surface area contributed by atoms with Gasteiger partial charge in [0.15, 0.2) is 0 Å². The lowest BCUT2D eigenvalue weighted by Crippen LogP contribution is -2.35.